The summed E-state index contributed by atoms with van der Waals surface area (Å²) in [7, 11) is 0. The zero-order valence-electron chi connectivity index (χ0n) is 10.6. The molecule has 2 unspecified atom stereocenters. The van der Waals surface area contributed by atoms with Gasteiger partial charge in [-0.05, 0) is 27.7 Å². The van der Waals surface area contributed by atoms with Gasteiger partial charge in [-0.1, -0.05) is 0 Å². The standard InChI is InChI=1S/C11H19F3N2O/c1-8(2)16-10(4,7-15)5-6-17-9(3)11(12,13)14/h8-9,16H,5-6H2,1-4H3. The minimum atomic E-state index is -4.35. The monoisotopic (exact) mass is 252 g/mol. The molecule has 0 amide bonds. The second kappa shape index (κ2) is 6.22. The third kappa shape index (κ3) is 6.49. The van der Waals surface area contributed by atoms with Gasteiger partial charge in [-0.2, -0.15) is 18.4 Å². The van der Waals surface area contributed by atoms with Gasteiger partial charge in [-0.25, -0.2) is 0 Å². The van der Waals surface area contributed by atoms with E-state index in [1.165, 1.54) is 0 Å². The first-order chi connectivity index (χ1) is 7.60. The summed E-state index contributed by atoms with van der Waals surface area (Å²) in [6, 6.07) is 2.13. The Morgan fingerprint density at radius 3 is 2.18 bits per heavy atom. The predicted octanol–water partition coefficient (Wildman–Crippen LogP) is 2.62. The summed E-state index contributed by atoms with van der Waals surface area (Å²) < 4.78 is 41.1. The number of nitrogens with one attached hydrogen (secondary N) is 1. The molecule has 0 radical (unpaired) electrons. The Morgan fingerprint density at radius 1 is 1.29 bits per heavy atom. The van der Waals surface area contributed by atoms with Crippen LogP contribution in [0.1, 0.15) is 34.1 Å². The van der Waals surface area contributed by atoms with Crippen LogP contribution in [0.2, 0.25) is 0 Å². The molecule has 0 aliphatic carbocycles. The van der Waals surface area contributed by atoms with Crippen LogP contribution < -0.4 is 5.32 Å². The number of nitriles is 1. The summed E-state index contributed by atoms with van der Waals surface area (Å²) in [5.74, 6) is 0. The lowest BCUT2D eigenvalue weighted by Crippen LogP contribution is -2.46. The first-order valence-corrected chi connectivity index (χ1v) is 5.48. The fourth-order valence-electron chi connectivity index (χ4n) is 1.33. The van der Waals surface area contributed by atoms with Crippen LogP contribution in [0.3, 0.4) is 0 Å². The van der Waals surface area contributed by atoms with E-state index in [0.29, 0.717) is 0 Å². The van der Waals surface area contributed by atoms with Gasteiger partial charge in [0.05, 0.1) is 12.7 Å². The quantitative estimate of drug-likeness (QED) is 0.790. The number of ether oxygens (including phenoxy) is 1. The summed E-state index contributed by atoms with van der Waals surface area (Å²) in [5, 5.41) is 12.0. The summed E-state index contributed by atoms with van der Waals surface area (Å²) in [6.07, 6.45) is -5.94. The number of hydrogen-bond donors (Lipinski definition) is 1. The molecule has 0 heterocycles. The third-order valence-electron chi connectivity index (χ3n) is 2.28. The van der Waals surface area contributed by atoms with Gasteiger partial charge in [-0.15, -0.1) is 0 Å². The Kier molecular flexibility index (Phi) is 5.93. The Labute approximate surface area is 99.9 Å². The van der Waals surface area contributed by atoms with Crippen molar-refractivity contribution in [3.63, 3.8) is 0 Å². The predicted molar refractivity (Wildman–Crippen MR) is 58.4 cm³/mol. The molecule has 0 rings (SSSR count). The molecule has 0 aliphatic rings. The fourth-order valence-corrected chi connectivity index (χ4v) is 1.33. The van der Waals surface area contributed by atoms with Crippen molar-refractivity contribution in [3.8, 4) is 6.07 Å². The first kappa shape index (κ1) is 16.2. The van der Waals surface area contributed by atoms with E-state index in [-0.39, 0.29) is 19.1 Å². The van der Waals surface area contributed by atoms with Crippen molar-refractivity contribution in [2.75, 3.05) is 6.61 Å². The van der Waals surface area contributed by atoms with Crippen molar-refractivity contribution in [2.24, 2.45) is 0 Å². The van der Waals surface area contributed by atoms with E-state index in [2.05, 4.69) is 10.1 Å². The lowest BCUT2D eigenvalue weighted by atomic mass is 9.99. The molecule has 0 fully saturated rings. The van der Waals surface area contributed by atoms with Gasteiger partial charge in [0.25, 0.3) is 0 Å². The Morgan fingerprint density at radius 2 is 1.82 bits per heavy atom. The Bertz CT molecular complexity index is 273. The van der Waals surface area contributed by atoms with E-state index in [1.807, 2.05) is 19.9 Å². The maximum atomic E-state index is 12.2. The van der Waals surface area contributed by atoms with Crippen LogP contribution in [0.25, 0.3) is 0 Å². The second-order valence-electron chi connectivity index (χ2n) is 4.55. The van der Waals surface area contributed by atoms with E-state index in [1.54, 1.807) is 6.92 Å². The molecule has 17 heavy (non-hydrogen) atoms. The van der Waals surface area contributed by atoms with Gasteiger partial charge in [-0.3, -0.25) is 5.32 Å². The molecule has 2 atom stereocenters. The van der Waals surface area contributed by atoms with Crippen molar-refractivity contribution < 1.29 is 17.9 Å². The minimum absolute atomic E-state index is 0.0830. The molecular weight excluding hydrogens is 233 g/mol. The van der Waals surface area contributed by atoms with Crippen molar-refractivity contribution in [3.05, 3.63) is 0 Å². The maximum Gasteiger partial charge on any atom is 0.414 e. The number of halogens is 3. The summed E-state index contributed by atoms with van der Waals surface area (Å²) in [6.45, 7) is 6.24. The summed E-state index contributed by atoms with van der Waals surface area (Å²) in [5.41, 5.74) is -0.862. The number of alkyl halides is 3. The van der Waals surface area contributed by atoms with E-state index in [9.17, 15) is 13.2 Å². The van der Waals surface area contributed by atoms with Gasteiger partial charge in [0.2, 0.25) is 0 Å². The largest absolute Gasteiger partial charge is 0.414 e. The van der Waals surface area contributed by atoms with Gasteiger partial charge in [0.15, 0.2) is 6.10 Å². The lowest BCUT2D eigenvalue weighted by molar-refractivity contribution is -0.214. The Hall–Kier alpha value is -0.800. The maximum absolute atomic E-state index is 12.2. The van der Waals surface area contributed by atoms with Gasteiger partial charge < -0.3 is 4.74 Å². The van der Waals surface area contributed by atoms with Crippen LogP contribution in [-0.4, -0.2) is 30.5 Å². The first-order valence-electron chi connectivity index (χ1n) is 5.48. The fraction of sp³-hybridized carbons (Fsp3) is 0.909. The van der Waals surface area contributed by atoms with Gasteiger partial charge in [0.1, 0.15) is 5.54 Å². The van der Waals surface area contributed by atoms with Crippen LogP contribution in [0.5, 0.6) is 0 Å². The number of nitrogens with zero attached hydrogens (tertiary/aromatic N) is 1. The molecule has 6 heteroatoms. The molecule has 1 N–H and O–H groups in total. The molecular formula is C11H19F3N2O. The van der Waals surface area contributed by atoms with Crippen molar-refractivity contribution in [1.82, 2.24) is 5.32 Å². The molecule has 3 nitrogen and oxygen atoms in total. The average Bonchev–Trinajstić information content (AvgIpc) is 2.15. The van der Waals surface area contributed by atoms with Crippen LogP contribution in [0.4, 0.5) is 13.2 Å². The molecule has 0 aliphatic heterocycles. The lowest BCUT2D eigenvalue weighted by Gasteiger charge is -2.26. The SMILES string of the molecule is CC(C)NC(C)(C#N)CCOC(C)C(F)(F)F. The molecule has 0 aromatic carbocycles. The zero-order chi connectivity index (χ0) is 13.7. The summed E-state index contributed by atoms with van der Waals surface area (Å²) >= 11 is 0. The third-order valence-corrected chi connectivity index (χ3v) is 2.28. The van der Waals surface area contributed by atoms with Crippen molar-refractivity contribution >= 4 is 0 Å². The second-order valence-corrected chi connectivity index (χ2v) is 4.55. The van der Waals surface area contributed by atoms with Crippen LogP contribution in [-0.2, 0) is 4.74 Å². The highest BCUT2D eigenvalue weighted by Gasteiger charge is 2.37. The number of hydrogen-bond acceptors (Lipinski definition) is 3. The molecule has 100 valence electrons. The molecule has 0 aromatic heterocycles. The topological polar surface area (TPSA) is 45.0 Å². The van der Waals surface area contributed by atoms with Crippen LogP contribution >= 0.6 is 0 Å². The van der Waals surface area contributed by atoms with E-state index in [4.69, 9.17) is 5.26 Å². The van der Waals surface area contributed by atoms with Gasteiger partial charge in [0, 0.05) is 12.5 Å². The van der Waals surface area contributed by atoms with Crippen molar-refractivity contribution in [2.45, 2.75) is 58.0 Å². The van der Waals surface area contributed by atoms with Crippen LogP contribution in [0.15, 0.2) is 0 Å². The molecule has 0 saturated carbocycles. The summed E-state index contributed by atoms with van der Waals surface area (Å²) in [4.78, 5) is 0. The van der Waals surface area contributed by atoms with E-state index in [0.717, 1.165) is 6.92 Å². The zero-order valence-corrected chi connectivity index (χ0v) is 10.6. The minimum Gasteiger partial charge on any atom is -0.369 e. The highest BCUT2D eigenvalue weighted by Crippen LogP contribution is 2.23. The average molecular weight is 252 g/mol. The highest BCUT2D eigenvalue weighted by molar-refractivity contribution is 5.04. The molecule has 0 spiro atoms. The Balaban J connectivity index is 4.14. The molecule has 0 saturated heterocycles. The van der Waals surface area contributed by atoms with E-state index >= 15 is 0 Å². The normalized spacial score (nSPS) is 17.6. The van der Waals surface area contributed by atoms with Crippen molar-refractivity contribution in [1.29, 1.82) is 5.26 Å². The number of rotatable bonds is 6. The molecule has 0 aromatic rings. The highest BCUT2D eigenvalue weighted by atomic mass is 19.4. The molecule has 0 bridgehead atoms. The van der Waals surface area contributed by atoms with Crippen LogP contribution in [0, 0.1) is 11.3 Å². The smallest absolute Gasteiger partial charge is 0.369 e. The van der Waals surface area contributed by atoms with Gasteiger partial charge >= 0.3 is 6.18 Å². The van der Waals surface area contributed by atoms with E-state index < -0.39 is 17.8 Å².